The zero-order valence-corrected chi connectivity index (χ0v) is 12.2. The number of carbonyl (C=O) groups is 1. The first kappa shape index (κ1) is 13.8. The molecule has 0 aliphatic carbocycles. The summed E-state index contributed by atoms with van der Waals surface area (Å²) in [7, 11) is 1.73. The minimum absolute atomic E-state index is 0.135. The number of rotatable bonds is 3. The van der Waals surface area contributed by atoms with Crippen molar-refractivity contribution in [3.05, 3.63) is 45.9 Å². The Bertz CT molecular complexity index is 599. The minimum Gasteiger partial charge on any atom is -0.375 e. The number of benzene rings is 1. The summed E-state index contributed by atoms with van der Waals surface area (Å²) in [5.74, 6) is -0.166. The summed E-state index contributed by atoms with van der Waals surface area (Å²) >= 11 is 7.40. The van der Waals surface area contributed by atoms with Crippen molar-refractivity contribution in [2.24, 2.45) is 0 Å². The highest BCUT2D eigenvalue weighted by atomic mass is 35.5. The Hall–Kier alpha value is -1.59. The fraction of sp³-hybridized carbons (Fsp3) is 0.231. The number of nitrogen functional groups attached to an aromatic ring is 1. The van der Waals surface area contributed by atoms with Gasteiger partial charge in [0.1, 0.15) is 5.69 Å². The average Bonchev–Trinajstić information content (AvgIpc) is 2.83. The van der Waals surface area contributed by atoms with Crippen LogP contribution in [0.15, 0.2) is 29.6 Å². The van der Waals surface area contributed by atoms with Crippen LogP contribution in [0.5, 0.6) is 0 Å². The predicted octanol–water partition coefficient (Wildman–Crippen LogP) is 3.21. The number of hydrogen-bond acceptors (Lipinski definition) is 4. The summed E-state index contributed by atoms with van der Waals surface area (Å²) in [6.07, 6.45) is 0. The quantitative estimate of drug-likeness (QED) is 0.946. The summed E-state index contributed by atoms with van der Waals surface area (Å²) in [6.45, 7) is 1.93. The first-order valence-electron chi connectivity index (χ1n) is 5.73. The molecule has 0 spiro atoms. The molecule has 1 unspecified atom stereocenters. The fourth-order valence-electron chi connectivity index (χ4n) is 1.76. The summed E-state index contributed by atoms with van der Waals surface area (Å²) < 4.78 is 0. The highest BCUT2D eigenvalue weighted by molar-refractivity contribution is 7.13. The van der Waals surface area contributed by atoms with E-state index in [4.69, 9.17) is 17.3 Å². The van der Waals surface area contributed by atoms with E-state index < -0.39 is 0 Å². The monoisotopic (exact) mass is 295 g/mol. The van der Waals surface area contributed by atoms with Crippen LogP contribution in [0.2, 0.25) is 5.02 Å². The van der Waals surface area contributed by atoms with Crippen molar-refractivity contribution in [2.75, 3.05) is 12.8 Å². The van der Waals surface area contributed by atoms with Crippen molar-refractivity contribution < 1.29 is 4.79 Å². The van der Waals surface area contributed by atoms with Crippen molar-refractivity contribution in [1.29, 1.82) is 0 Å². The molecule has 1 aromatic carbocycles. The van der Waals surface area contributed by atoms with Gasteiger partial charge in [-0.05, 0) is 18.6 Å². The van der Waals surface area contributed by atoms with Gasteiger partial charge in [-0.2, -0.15) is 0 Å². The van der Waals surface area contributed by atoms with Gasteiger partial charge in [-0.1, -0.05) is 29.8 Å². The molecule has 1 heterocycles. The average molecular weight is 296 g/mol. The van der Waals surface area contributed by atoms with Crippen molar-refractivity contribution in [2.45, 2.75) is 13.0 Å². The number of halogens is 1. The maximum absolute atomic E-state index is 12.3. The van der Waals surface area contributed by atoms with Gasteiger partial charge in [0, 0.05) is 17.5 Å². The normalized spacial score (nSPS) is 12.2. The van der Waals surface area contributed by atoms with E-state index in [0.717, 1.165) is 5.56 Å². The number of anilines is 1. The van der Waals surface area contributed by atoms with E-state index in [1.807, 2.05) is 31.2 Å². The molecule has 4 nitrogen and oxygen atoms in total. The van der Waals surface area contributed by atoms with Gasteiger partial charge in [0.05, 0.1) is 6.04 Å². The molecule has 2 rings (SSSR count). The Kier molecular flexibility index (Phi) is 4.07. The first-order valence-corrected chi connectivity index (χ1v) is 6.99. The summed E-state index contributed by atoms with van der Waals surface area (Å²) in [5.41, 5.74) is 6.81. The van der Waals surface area contributed by atoms with Crippen LogP contribution in [0.3, 0.4) is 0 Å². The van der Waals surface area contributed by atoms with Crippen LogP contribution >= 0.6 is 22.9 Å². The van der Waals surface area contributed by atoms with Gasteiger partial charge >= 0.3 is 0 Å². The molecule has 6 heteroatoms. The number of thiazole rings is 1. The molecule has 1 aromatic heterocycles. The van der Waals surface area contributed by atoms with E-state index in [1.54, 1.807) is 17.3 Å². The van der Waals surface area contributed by atoms with Gasteiger partial charge in [0.2, 0.25) is 0 Å². The van der Waals surface area contributed by atoms with Crippen molar-refractivity contribution >= 4 is 34.0 Å². The van der Waals surface area contributed by atoms with Crippen LogP contribution < -0.4 is 5.73 Å². The second-order valence-electron chi connectivity index (χ2n) is 4.18. The molecule has 0 bridgehead atoms. The lowest BCUT2D eigenvalue weighted by molar-refractivity contribution is 0.0737. The molecule has 2 N–H and O–H groups in total. The van der Waals surface area contributed by atoms with Gasteiger partial charge in [0.15, 0.2) is 5.13 Å². The SMILES string of the molecule is CC(c1ccccc1Cl)N(C)C(=O)c1csc(N)n1. The third kappa shape index (κ3) is 2.88. The molecular formula is C13H14ClN3OS. The van der Waals surface area contributed by atoms with Gasteiger partial charge in [0.25, 0.3) is 5.91 Å². The Morgan fingerprint density at radius 2 is 2.16 bits per heavy atom. The van der Waals surface area contributed by atoms with E-state index in [2.05, 4.69) is 4.98 Å². The minimum atomic E-state index is -0.166. The highest BCUT2D eigenvalue weighted by Crippen LogP contribution is 2.27. The van der Waals surface area contributed by atoms with Crippen LogP contribution in [-0.4, -0.2) is 22.8 Å². The van der Waals surface area contributed by atoms with Crippen LogP contribution in [0, 0.1) is 0 Å². The number of amides is 1. The molecule has 1 amide bonds. The number of nitrogens with zero attached hydrogens (tertiary/aromatic N) is 2. The van der Waals surface area contributed by atoms with Crippen LogP contribution in [-0.2, 0) is 0 Å². The van der Waals surface area contributed by atoms with E-state index >= 15 is 0 Å². The van der Waals surface area contributed by atoms with Crippen LogP contribution in [0.4, 0.5) is 5.13 Å². The Labute approximate surface area is 120 Å². The van der Waals surface area contributed by atoms with Gasteiger partial charge < -0.3 is 10.6 Å². The second kappa shape index (κ2) is 5.59. The lowest BCUT2D eigenvalue weighted by Gasteiger charge is -2.25. The molecule has 0 aliphatic heterocycles. The van der Waals surface area contributed by atoms with Crippen molar-refractivity contribution in [1.82, 2.24) is 9.88 Å². The molecule has 0 saturated carbocycles. The van der Waals surface area contributed by atoms with E-state index in [9.17, 15) is 4.79 Å². The molecule has 2 aromatic rings. The van der Waals surface area contributed by atoms with Gasteiger partial charge in [-0.25, -0.2) is 4.98 Å². The van der Waals surface area contributed by atoms with E-state index in [-0.39, 0.29) is 11.9 Å². The van der Waals surface area contributed by atoms with E-state index in [1.165, 1.54) is 11.3 Å². The molecule has 0 fully saturated rings. The number of hydrogen-bond donors (Lipinski definition) is 1. The lowest BCUT2D eigenvalue weighted by atomic mass is 10.1. The molecule has 19 heavy (non-hydrogen) atoms. The number of nitrogens with two attached hydrogens (primary N) is 1. The molecule has 0 radical (unpaired) electrons. The van der Waals surface area contributed by atoms with Crippen LogP contribution in [0.1, 0.15) is 29.0 Å². The van der Waals surface area contributed by atoms with Gasteiger partial charge in [-0.15, -0.1) is 11.3 Å². The predicted molar refractivity (Wildman–Crippen MR) is 78.5 cm³/mol. The third-order valence-corrected chi connectivity index (χ3v) is 4.02. The van der Waals surface area contributed by atoms with Crippen molar-refractivity contribution in [3.63, 3.8) is 0 Å². The summed E-state index contributed by atoms with van der Waals surface area (Å²) in [6, 6.07) is 7.35. The Morgan fingerprint density at radius 3 is 2.74 bits per heavy atom. The number of aromatic nitrogens is 1. The zero-order valence-electron chi connectivity index (χ0n) is 10.6. The first-order chi connectivity index (χ1) is 9.00. The summed E-state index contributed by atoms with van der Waals surface area (Å²) in [5, 5.41) is 2.70. The zero-order chi connectivity index (χ0) is 14.0. The maximum atomic E-state index is 12.3. The topological polar surface area (TPSA) is 59.2 Å². The van der Waals surface area contributed by atoms with Crippen LogP contribution in [0.25, 0.3) is 0 Å². The molecule has 1 atom stereocenters. The Morgan fingerprint density at radius 1 is 1.47 bits per heavy atom. The number of carbonyl (C=O) groups excluding carboxylic acids is 1. The van der Waals surface area contributed by atoms with Gasteiger partial charge in [-0.3, -0.25) is 4.79 Å². The molecular weight excluding hydrogens is 282 g/mol. The second-order valence-corrected chi connectivity index (χ2v) is 5.48. The molecule has 100 valence electrons. The highest BCUT2D eigenvalue weighted by Gasteiger charge is 2.22. The van der Waals surface area contributed by atoms with Crippen molar-refractivity contribution in [3.8, 4) is 0 Å². The fourth-order valence-corrected chi connectivity index (χ4v) is 2.60. The third-order valence-electron chi connectivity index (χ3n) is 3.00. The summed E-state index contributed by atoms with van der Waals surface area (Å²) in [4.78, 5) is 17.9. The molecule has 0 aliphatic rings. The maximum Gasteiger partial charge on any atom is 0.273 e. The molecule has 0 saturated heterocycles. The largest absolute Gasteiger partial charge is 0.375 e. The lowest BCUT2D eigenvalue weighted by Crippen LogP contribution is -2.30. The van der Waals surface area contributed by atoms with E-state index in [0.29, 0.717) is 15.8 Å². The Balaban J connectivity index is 2.22. The standard InChI is InChI=1S/C13H14ClN3OS/c1-8(9-5-3-4-6-10(9)14)17(2)12(18)11-7-19-13(15)16-11/h3-8H,1-2H3,(H2,15,16). The smallest absolute Gasteiger partial charge is 0.273 e.